The van der Waals surface area contributed by atoms with E-state index in [0.29, 0.717) is 18.8 Å². The van der Waals surface area contributed by atoms with Gasteiger partial charge in [0, 0.05) is 25.8 Å². The zero-order chi connectivity index (χ0) is 18.9. The molecule has 3 N–H and O–H groups in total. The lowest BCUT2D eigenvalue weighted by atomic mass is 10.2. The number of aliphatic imine (C=N–C) groups is 1. The van der Waals surface area contributed by atoms with Crippen molar-refractivity contribution in [1.82, 2.24) is 10.6 Å². The van der Waals surface area contributed by atoms with Crippen LogP contribution in [0.25, 0.3) is 0 Å². The average molecular weight is 490 g/mol. The molecule has 2 aromatic carbocycles. The molecular weight excluding hydrogens is 467 g/mol. The minimum atomic E-state index is -0.267. The van der Waals surface area contributed by atoms with Gasteiger partial charge in [0.05, 0.1) is 6.26 Å². The highest BCUT2D eigenvalue weighted by molar-refractivity contribution is 14.0. The molecule has 0 bridgehead atoms. The molecule has 1 heterocycles. The van der Waals surface area contributed by atoms with Crippen molar-refractivity contribution in [3.63, 3.8) is 0 Å². The number of hydrogen-bond acceptors (Lipinski definition) is 3. The zero-order valence-corrected chi connectivity index (χ0v) is 17.8. The van der Waals surface area contributed by atoms with Gasteiger partial charge in [-0.25, -0.2) is 0 Å². The molecule has 0 saturated carbocycles. The Hall–Kier alpha value is -2.81. The van der Waals surface area contributed by atoms with Crippen LogP contribution < -0.4 is 16.0 Å². The number of nitrogens with one attached hydrogen (secondary N) is 3. The van der Waals surface area contributed by atoms with Gasteiger partial charge in [0.25, 0.3) is 5.91 Å². The topological polar surface area (TPSA) is 78.7 Å². The van der Waals surface area contributed by atoms with Crippen LogP contribution in [0.15, 0.2) is 82.4 Å². The minimum Gasteiger partial charge on any atom is -0.459 e. The predicted molar refractivity (Wildman–Crippen MR) is 122 cm³/mol. The number of furan rings is 1. The fourth-order valence-electron chi connectivity index (χ4n) is 2.49. The molecule has 0 saturated heterocycles. The molecule has 3 aromatic rings. The van der Waals surface area contributed by atoms with E-state index in [1.54, 1.807) is 19.2 Å². The lowest BCUT2D eigenvalue weighted by molar-refractivity contribution is 0.0996. The van der Waals surface area contributed by atoms with Gasteiger partial charge >= 0.3 is 0 Å². The third-order valence-corrected chi connectivity index (χ3v) is 3.94. The van der Waals surface area contributed by atoms with Crippen LogP contribution in [0.5, 0.6) is 0 Å². The first-order chi connectivity index (χ1) is 13.2. The second kappa shape index (κ2) is 11.1. The van der Waals surface area contributed by atoms with Crippen molar-refractivity contribution in [3.8, 4) is 0 Å². The van der Waals surface area contributed by atoms with Gasteiger partial charge in [0.1, 0.15) is 0 Å². The van der Waals surface area contributed by atoms with Gasteiger partial charge in [-0.3, -0.25) is 9.79 Å². The molecule has 7 heteroatoms. The smallest absolute Gasteiger partial charge is 0.291 e. The van der Waals surface area contributed by atoms with Crippen molar-refractivity contribution in [2.24, 2.45) is 4.99 Å². The summed E-state index contributed by atoms with van der Waals surface area (Å²) >= 11 is 0. The third-order valence-electron chi connectivity index (χ3n) is 3.94. The van der Waals surface area contributed by atoms with E-state index in [0.717, 1.165) is 11.5 Å². The number of amides is 1. The van der Waals surface area contributed by atoms with Gasteiger partial charge < -0.3 is 20.4 Å². The van der Waals surface area contributed by atoms with Crippen LogP contribution in [0.3, 0.4) is 0 Å². The Balaban J connectivity index is 0.00000280. The Labute approximate surface area is 181 Å². The predicted octanol–water partition coefficient (Wildman–Crippen LogP) is 4.02. The summed E-state index contributed by atoms with van der Waals surface area (Å²) in [4.78, 5) is 16.2. The standard InChI is InChI=1S/C21H22N4O2.HI/c1-22-21(23-14-16-6-3-2-4-7-16)24-15-17-9-11-18(12-10-17)25-20(26)19-8-5-13-27-19;/h2-13H,14-15H2,1H3,(H,25,26)(H2,22,23,24);1H. The van der Waals surface area contributed by atoms with E-state index in [1.165, 1.54) is 11.8 Å². The van der Waals surface area contributed by atoms with Crippen LogP contribution in [0.4, 0.5) is 5.69 Å². The van der Waals surface area contributed by atoms with E-state index in [9.17, 15) is 4.79 Å². The lowest BCUT2D eigenvalue weighted by Crippen LogP contribution is -2.36. The van der Waals surface area contributed by atoms with Gasteiger partial charge in [0.2, 0.25) is 0 Å². The molecule has 0 aliphatic carbocycles. The van der Waals surface area contributed by atoms with Gasteiger partial charge in [-0.1, -0.05) is 42.5 Å². The van der Waals surface area contributed by atoms with Gasteiger partial charge in [-0.05, 0) is 35.4 Å². The number of nitrogens with zero attached hydrogens (tertiary/aromatic N) is 1. The minimum absolute atomic E-state index is 0. The Bertz CT molecular complexity index is 879. The van der Waals surface area contributed by atoms with Crippen molar-refractivity contribution >= 4 is 41.5 Å². The van der Waals surface area contributed by atoms with E-state index in [2.05, 4.69) is 33.1 Å². The summed E-state index contributed by atoms with van der Waals surface area (Å²) in [6, 6.07) is 21.1. The summed E-state index contributed by atoms with van der Waals surface area (Å²) in [5.41, 5.74) is 2.98. The Morgan fingerprint density at radius 2 is 1.54 bits per heavy atom. The van der Waals surface area contributed by atoms with Crippen LogP contribution in [0.1, 0.15) is 21.7 Å². The number of guanidine groups is 1. The van der Waals surface area contributed by atoms with Crippen molar-refractivity contribution in [3.05, 3.63) is 89.9 Å². The number of rotatable bonds is 6. The molecule has 0 aliphatic rings. The quantitative estimate of drug-likeness (QED) is 0.277. The zero-order valence-electron chi connectivity index (χ0n) is 15.5. The number of halogens is 1. The van der Waals surface area contributed by atoms with Crippen LogP contribution in [0.2, 0.25) is 0 Å². The van der Waals surface area contributed by atoms with Crippen LogP contribution in [0, 0.1) is 0 Å². The SMILES string of the molecule is CN=C(NCc1ccccc1)NCc1ccc(NC(=O)c2ccco2)cc1.I. The molecule has 1 aromatic heterocycles. The first-order valence-corrected chi connectivity index (χ1v) is 8.67. The Morgan fingerprint density at radius 3 is 2.11 bits per heavy atom. The molecule has 0 fully saturated rings. The van der Waals surface area contributed by atoms with Crippen molar-refractivity contribution in [2.45, 2.75) is 13.1 Å². The fourth-order valence-corrected chi connectivity index (χ4v) is 2.49. The van der Waals surface area contributed by atoms with Crippen LogP contribution in [-0.2, 0) is 13.1 Å². The molecule has 0 unspecified atom stereocenters. The maximum Gasteiger partial charge on any atom is 0.291 e. The number of hydrogen-bond donors (Lipinski definition) is 3. The van der Waals surface area contributed by atoms with Crippen molar-refractivity contribution in [2.75, 3.05) is 12.4 Å². The first-order valence-electron chi connectivity index (χ1n) is 8.67. The van der Waals surface area contributed by atoms with Crippen molar-refractivity contribution < 1.29 is 9.21 Å². The van der Waals surface area contributed by atoms with Gasteiger partial charge in [0.15, 0.2) is 11.7 Å². The highest BCUT2D eigenvalue weighted by atomic mass is 127. The molecule has 146 valence electrons. The molecule has 0 radical (unpaired) electrons. The molecule has 28 heavy (non-hydrogen) atoms. The largest absolute Gasteiger partial charge is 0.459 e. The number of anilines is 1. The number of benzene rings is 2. The summed E-state index contributed by atoms with van der Waals surface area (Å²) in [5.74, 6) is 0.750. The van der Waals surface area contributed by atoms with E-state index < -0.39 is 0 Å². The summed E-state index contributed by atoms with van der Waals surface area (Å²) in [6.07, 6.45) is 1.47. The molecule has 0 aliphatic heterocycles. The Morgan fingerprint density at radius 1 is 0.893 bits per heavy atom. The van der Waals surface area contributed by atoms with Gasteiger partial charge in [-0.15, -0.1) is 24.0 Å². The fraction of sp³-hybridized carbons (Fsp3) is 0.143. The van der Waals surface area contributed by atoms with Crippen molar-refractivity contribution in [1.29, 1.82) is 0 Å². The van der Waals surface area contributed by atoms with Crippen LogP contribution >= 0.6 is 24.0 Å². The highest BCUT2D eigenvalue weighted by Crippen LogP contribution is 2.11. The van der Waals surface area contributed by atoms with E-state index in [4.69, 9.17) is 4.42 Å². The van der Waals surface area contributed by atoms with Gasteiger partial charge in [-0.2, -0.15) is 0 Å². The first kappa shape index (κ1) is 21.5. The highest BCUT2D eigenvalue weighted by Gasteiger charge is 2.08. The summed E-state index contributed by atoms with van der Waals surface area (Å²) < 4.78 is 5.08. The molecule has 3 rings (SSSR count). The second-order valence-corrected chi connectivity index (χ2v) is 5.89. The third kappa shape index (κ3) is 6.41. The maximum atomic E-state index is 12.0. The molecule has 0 atom stereocenters. The summed E-state index contributed by atoms with van der Waals surface area (Å²) in [7, 11) is 1.74. The maximum absolute atomic E-state index is 12.0. The lowest BCUT2D eigenvalue weighted by Gasteiger charge is -2.12. The number of carbonyl (C=O) groups is 1. The summed E-state index contributed by atoms with van der Waals surface area (Å²) in [6.45, 7) is 1.33. The second-order valence-electron chi connectivity index (χ2n) is 5.89. The summed E-state index contributed by atoms with van der Waals surface area (Å²) in [5, 5.41) is 9.35. The van der Waals surface area contributed by atoms with Crippen LogP contribution in [-0.4, -0.2) is 18.9 Å². The van der Waals surface area contributed by atoms with E-state index >= 15 is 0 Å². The normalized spacial score (nSPS) is 10.7. The number of carbonyl (C=O) groups excluding carboxylic acids is 1. The monoisotopic (exact) mass is 490 g/mol. The molecule has 0 spiro atoms. The molecule has 1 amide bonds. The molecular formula is C21H23IN4O2. The van der Waals surface area contributed by atoms with E-state index in [-0.39, 0.29) is 35.6 Å². The van der Waals surface area contributed by atoms with E-state index in [1.807, 2.05) is 42.5 Å². The Kier molecular flexibility index (Phi) is 8.54. The molecule has 6 nitrogen and oxygen atoms in total. The average Bonchev–Trinajstić information content (AvgIpc) is 3.25.